The third-order valence-corrected chi connectivity index (χ3v) is 6.12. The molecule has 0 aliphatic carbocycles. The number of aromatic hydroxyl groups is 4. The SMILES string of the molecule is N#CC1=C(N)n2c(s/c(=C\c3ccc(O)cc3O)c2=O)=C(C#N)C1c1ccc(O)cc1O. The lowest BCUT2D eigenvalue weighted by molar-refractivity contribution is 0.445. The first-order valence-corrected chi connectivity index (χ1v) is 9.90. The van der Waals surface area contributed by atoms with Crippen molar-refractivity contribution in [3.8, 4) is 35.1 Å². The number of nitriles is 2. The van der Waals surface area contributed by atoms with E-state index in [4.69, 9.17) is 5.73 Å². The number of rotatable bonds is 2. The molecule has 0 saturated carbocycles. The topological polar surface area (TPSA) is 177 Å². The quantitative estimate of drug-likeness (QED) is 0.382. The number of thiazole rings is 1. The van der Waals surface area contributed by atoms with Gasteiger partial charge in [0.1, 0.15) is 33.5 Å². The standard InChI is InChI=1S/C22H14N4O5S/c23-8-14-19(13-4-3-12(28)7-17(13)30)15(9-24)22-26(20(14)25)21(31)18(32-22)5-10-1-2-11(27)6-16(10)29/h1-7,19,27-30H,25H2/b18-5-. The Morgan fingerprint density at radius 2 is 1.59 bits per heavy atom. The van der Waals surface area contributed by atoms with Crippen LogP contribution in [0.3, 0.4) is 0 Å². The summed E-state index contributed by atoms with van der Waals surface area (Å²) < 4.78 is 1.36. The van der Waals surface area contributed by atoms with Gasteiger partial charge in [0.05, 0.1) is 33.7 Å². The van der Waals surface area contributed by atoms with Gasteiger partial charge in [-0.25, -0.2) is 0 Å². The molecule has 6 N–H and O–H groups in total. The van der Waals surface area contributed by atoms with Gasteiger partial charge in [-0.3, -0.25) is 9.36 Å². The fourth-order valence-electron chi connectivity index (χ4n) is 3.53. The zero-order valence-electron chi connectivity index (χ0n) is 16.1. The second-order valence-electron chi connectivity index (χ2n) is 6.91. The Balaban J connectivity index is 2.07. The summed E-state index contributed by atoms with van der Waals surface area (Å²) in [5, 5.41) is 59.1. The van der Waals surface area contributed by atoms with E-state index in [0.29, 0.717) is 0 Å². The molecule has 0 bridgehead atoms. The number of hydrogen-bond donors (Lipinski definition) is 5. The first kappa shape index (κ1) is 20.6. The highest BCUT2D eigenvalue weighted by Gasteiger charge is 2.33. The van der Waals surface area contributed by atoms with E-state index in [2.05, 4.69) is 0 Å². The van der Waals surface area contributed by atoms with Gasteiger partial charge in [-0.15, -0.1) is 11.3 Å². The Kier molecular flexibility index (Phi) is 4.85. The van der Waals surface area contributed by atoms with Crippen LogP contribution >= 0.6 is 11.3 Å². The molecule has 3 aromatic rings. The van der Waals surface area contributed by atoms with Crippen LogP contribution in [0, 0.1) is 22.7 Å². The highest BCUT2D eigenvalue weighted by molar-refractivity contribution is 7.07. The summed E-state index contributed by atoms with van der Waals surface area (Å²) >= 11 is 0.933. The molecule has 1 aliphatic rings. The van der Waals surface area contributed by atoms with Crippen LogP contribution < -0.4 is 20.5 Å². The Bertz CT molecular complexity index is 1580. The summed E-state index contributed by atoms with van der Waals surface area (Å²) in [7, 11) is 0. The number of fused-ring (bicyclic) bond motifs is 1. The number of phenols is 4. The molecular formula is C22H14N4O5S. The minimum atomic E-state index is -1.04. The molecule has 2 aromatic carbocycles. The molecule has 0 radical (unpaired) electrons. The molecule has 0 spiro atoms. The van der Waals surface area contributed by atoms with Crippen LogP contribution in [0.5, 0.6) is 23.0 Å². The maximum atomic E-state index is 13.1. The van der Waals surface area contributed by atoms with Crippen molar-refractivity contribution in [2.75, 3.05) is 0 Å². The molecule has 10 heteroatoms. The lowest BCUT2D eigenvalue weighted by atomic mass is 9.84. The lowest BCUT2D eigenvalue weighted by Gasteiger charge is -2.22. The Morgan fingerprint density at radius 3 is 2.19 bits per heavy atom. The van der Waals surface area contributed by atoms with Gasteiger partial charge in [-0.2, -0.15) is 10.5 Å². The largest absolute Gasteiger partial charge is 0.508 e. The second kappa shape index (κ2) is 7.54. The number of phenolic OH excluding ortho intramolecular Hbond substituents is 4. The van der Waals surface area contributed by atoms with Gasteiger partial charge in [-0.1, -0.05) is 6.07 Å². The van der Waals surface area contributed by atoms with E-state index in [9.17, 15) is 35.7 Å². The average Bonchev–Trinajstić information content (AvgIpc) is 3.06. The molecule has 158 valence electrons. The van der Waals surface area contributed by atoms with Crippen LogP contribution in [-0.2, 0) is 0 Å². The maximum Gasteiger partial charge on any atom is 0.274 e. The summed E-state index contributed by atoms with van der Waals surface area (Å²) in [5.74, 6) is -2.16. The van der Waals surface area contributed by atoms with E-state index in [1.54, 1.807) is 0 Å². The summed E-state index contributed by atoms with van der Waals surface area (Å²) in [4.78, 5) is 13.1. The monoisotopic (exact) mass is 446 g/mol. The summed E-state index contributed by atoms with van der Waals surface area (Å²) in [6.45, 7) is 0. The Morgan fingerprint density at radius 1 is 0.969 bits per heavy atom. The van der Waals surface area contributed by atoms with E-state index in [1.165, 1.54) is 30.3 Å². The van der Waals surface area contributed by atoms with Crippen LogP contribution in [0.15, 0.2) is 46.8 Å². The molecule has 1 aromatic heterocycles. The van der Waals surface area contributed by atoms with E-state index >= 15 is 0 Å². The fourth-order valence-corrected chi connectivity index (χ4v) is 4.65. The molecular weight excluding hydrogens is 432 g/mol. The Labute approximate surface area is 184 Å². The van der Waals surface area contributed by atoms with E-state index in [-0.39, 0.29) is 60.3 Å². The van der Waals surface area contributed by atoms with Gasteiger partial charge >= 0.3 is 0 Å². The molecule has 1 atom stereocenters. The molecule has 0 amide bonds. The number of benzene rings is 2. The number of nitrogens with two attached hydrogens (primary N) is 1. The highest BCUT2D eigenvalue weighted by Crippen LogP contribution is 2.40. The van der Waals surface area contributed by atoms with Gasteiger partial charge in [0.15, 0.2) is 0 Å². The molecule has 9 nitrogen and oxygen atoms in total. The van der Waals surface area contributed by atoms with Crippen molar-refractivity contribution in [3.05, 3.63) is 72.6 Å². The van der Waals surface area contributed by atoms with Gasteiger partial charge in [-0.05, 0) is 24.3 Å². The van der Waals surface area contributed by atoms with Crippen molar-refractivity contribution in [2.24, 2.45) is 5.73 Å². The summed E-state index contributed by atoms with van der Waals surface area (Å²) in [5.41, 5.74) is 5.92. The van der Waals surface area contributed by atoms with E-state index in [0.717, 1.165) is 28.0 Å². The molecule has 2 heterocycles. The number of hydrogen-bond acceptors (Lipinski definition) is 9. The van der Waals surface area contributed by atoms with Gasteiger partial charge in [0.25, 0.3) is 5.56 Å². The minimum Gasteiger partial charge on any atom is -0.508 e. The first-order valence-electron chi connectivity index (χ1n) is 9.08. The number of aromatic nitrogens is 1. The third kappa shape index (κ3) is 3.12. The van der Waals surface area contributed by atoms with Crippen LogP contribution in [0.25, 0.3) is 17.5 Å². The molecule has 1 unspecified atom stereocenters. The van der Waals surface area contributed by atoms with Crippen molar-refractivity contribution >= 4 is 28.8 Å². The molecule has 4 rings (SSSR count). The minimum absolute atomic E-state index is 0.0217. The summed E-state index contributed by atoms with van der Waals surface area (Å²) in [6, 6.07) is 11.6. The molecule has 0 fully saturated rings. The van der Waals surface area contributed by atoms with Gasteiger partial charge in [0, 0.05) is 23.3 Å². The van der Waals surface area contributed by atoms with Crippen molar-refractivity contribution < 1.29 is 20.4 Å². The highest BCUT2D eigenvalue weighted by atomic mass is 32.1. The van der Waals surface area contributed by atoms with E-state index in [1.807, 2.05) is 12.1 Å². The predicted molar refractivity (Wildman–Crippen MR) is 116 cm³/mol. The summed E-state index contributed by atoms with van der Waals surface area (Å²) in [6.07, 6.45) is 1.38. The van der Waals surface area contributed by atoms with E-state index < -0.39 is 11.5 Å². The predicted octanol–water partition coefficient (Wildman–Crippen LogP) is 0.684. The fraction of sp³-hybridized carbons (Fsp3) is 0.0455. The van der Waals surface area contributed by atoms with Gasteiger partial charge in [0.2, 0.25) is 0 Å². The van der Waals surface area contributed by atoms with Crippen molar-refractivity contribution in [3.63, 3.8) is 0 Å². The molecule has 1 aliphatic heterocycles. The zero-order valence-corrected chi connectivity index (χ0v) is 17.0. The zero-order chi connectivity index (χ0) is 23.2. The smallest absolute Gasteiger partial charge is 0.274 e. The maximum absolute atomic E-state index is 13.1. The number of allylic oxidation sites excluding steroid dienone is 1. The number of nitrogens with zero attached hydrogens (tertiary/aromatic N) is 3. The van der Waals surface area contributed by atoms with Crippen LogP contribution in [0.2, 0.25) is 0 Å². The van der Waals surface area contributed by atoms with Crippen molar-refractivity contribution in [1.82, 2.24) is 4.57 Å². The van der Waals surface area contributed by atoms with Crippen LogP contribution in [0.4, 0.5) is 0 Å². The van der Waals surface area contributed by atoms with Crippen molar-refractivity contribution in [1.29, 1.82) is 10.5 Å². The second-order valence-corrected chi connectivity index (χ2v) is 7.94. The van der Waals surface area contributed by atoms with Crippen LogP contribution in [0.1, 0.15) is 17.0 Å². The van der Waals surface area contributed by atoms with Crippen molar-refractivity contribution in [2.45, 2.75) is 5.92 Å². The lowest BCUT2D eigenvalue weighted by Crippen LogP contribution is -2.38. The van der Waals surface area contributed by atoms with Gasteiger partial charge < -0.3 is 26.2 Å². The molecule has 32 heavy (non-hydrogen) atoms. The third-order valence-electron chi connectivity index (χ3n) is 5.01. The van der Waals surface area contributed by atoms with Crippen LogP contribution in [-0.4, -0.2) is 25.0 Å². The average molecular weight is 446 g/mol. The normalized spacial score (nSPS) is 15.9. The Hall–Kier alpha value is -4.67. The first-order chi connectivity index (χ1) is 15.3. The molecule has 0 saturated heterocycles.